The molecule has 2 aliphatic rings. The van der Waals surface area contributed by atoms with Crippen molar-refractivity contribution < 1.29 is 9.90 Å². The molecular formula is C19H22N2O2S. The summed E-state index contributed by atoms with van der Waals surface area (Å²) in [5, 5.41) is 10.5. The Balaban J connectivity index is 1.47. The number of aliphatic hydroxyl groups excluding tert-OH is 1. The smallest absolute Gasteiger partial charge is 0.264 e. The summed E-state index contributed by atoms with van der Waals surface area (Å²) in [5.74, 6) is 0.0482. The van der Waals surface area contributed by atoms with Crippen LogP contribution in [-0.4, -0.2) is 52.6 Å². The number of amides is 1. The molecule has 4 nitrogen and oxygen atoms in total. The molecule has 5 heteroatoms. The number of hydrogen-bond donors (Lipinski definition) is 1. The van der Waals surface area contributed by atoms with Crippen LogP contribution in [0.15, 0.2) is 36.4 Å². The number of nitrogens with zero attached hydrogens (tertiary/aromatic N) is 2. The number of thiophene rings is 1. The van der Waals surface area contributed by atoms with Crippen LogP contribution in [0.25, 0.3) is 0 Å². The fraction of sp³-hybridized carbons (Fsp3) is 0.421. The van der Waals surface area contributed by atoms with E-state index in [0.29, 0.717) is 13.1 Å². The van der Waals surface area contributed by atoms with Gasteiger partial charge in [-0.2, -0.15) is 0 Å². The molecule has 2 aromatic rings. The van der Waals surface area contributed by atoms with Gasteiger partial charge in [0.1, 0.15) is 0 Å². The van der Waals surface area contributed by atoms with Crippen molar-refractivity contribution in [3.8, 4) is 0 Å². The van der Waals surface area contributed by atoms with Crippen LogP contribution in [0.3, 0.4) is 0 Å². The zero-order chi connectivity index (χ0) is 16.7. The molecule has 126 valence electrons. The van der Waals surface area contributed by atoms with Crippen molar-refractivity contribution in [1.29, 1.82) is 0 Å². The predicted molar refractivity (Wildman–Crippen MR) is 95.3 cm³/mol. The molecule has 0 saturated carbocycles. The fourth-order valence-electron chi connectivity index (χ4n) is 3.80. The lowest BCUT2D eigenvalue weighted by atomic mass is 9.98. The first-order valence-electron chi connectivity index (χ1n) is 8.46. The highest BCUT2D eigenvalue weighted by Gasteiger charge is 2.39. The third-order valence-electron chi connectivity index (χ3n) is 5.13. The average Bonchev–Trinajstić information content (AvgIpc) is 3.20. The van der Waals surface area contributed by atoms with Crippen LogP contribution in [0.2, 0.25) is 0 Å². The van der Waals surface area contributed by atoms with Gasteiger partial charge in [-0.05, 0) is 36.6 Å². The quantitative estimate of drug-likeness (QED) is 0.911. The Labute approximate surface area is 146 Å². The second kappa shape index (κ2) is 6.31. The normalized spacial score (nSPS) is 24.2. The summed E-state index contributed by atoms with van der Waals surface area (Å²) in [6, 6.07) is 12.4. The molecule has 0 bridgehead atoms. The van der Waals surface area contributed by atoms with E-state index in [9.17, 15) is 9.90 Å². The van der Waals surface area contributed by atoms with Gasteiger partial charge in [0.05, 0.1) is 17.0 Å². The number of fused-ring (bicyclic) bond motifs is 1. The van der Waals surface area contributed by atoms with Crippen molar-refractivity contribution in [2.45, 2.75) is 32.0 Å². The van der Waals surface area contributed by atoms with Crippen LogP contribution in [-0.2, 0) is 13.0 Å². The molecule has 2 aliphatic heterocycles. The number of hydrogen-bond acceptors (Lipinski definition) is 4. The highest BCUT2D eigenvalue weighted by atomic mass is 32.1. The number of carbonyl (C=O) groups excluding carboxylic acids is 1. The average molecular weight is 342 g/mol. The summed E-state index contributed by atoms with van der Waals surface area (Å²) in [6.07, 6.45) is 0.539. The SMILES string of the molecule is Cc1ccc(C(=O)N2C[C@@H](O)[C@H](N3CCc4ccccc4C3)C2)s1. The molecular weight excluding hydrogens is 320 g/mol. The number of aryl methyl sites for hydroxylation is 1. The van der Waals surface area contributed by atoms with Gasteiger partial charge in [0.25, 0.3) is 5.91 Å². The summed E-state index contributed by atoms with van der Waals surface area (Å²) in [7, 11) is 0. The standard InChI is InChI=1S/C19H22N2O2S/c1-13-6-7-18(24-13)19(23)21-11-16(17(22)12-21)20-9-8-14-4-2-3-5-15(14)10-20/h2-7,16-17,22H,8-12H2,1H3/t16-,17-/m1/s1. The third kappa shape index (κ3) is 2.88. The molecule has 0 aliphatic carbocycles. The molecule has 3 heterocycles. The Morgan fingerprint density at radius 1 is 1.17 bits per heavy atom. The maximum Gasteiger partial charge on any atom is 0.264 e. The Morgan fingerprint density at radius 2 is 1.96 bits per heavy atom. The Morgan fingerprint density at radius 3 is 2.71 bits per heavy atom. The molecule has 1 saturated heterocycles. The van der Waals surface area contributed by atoms with Gasteiger partial charge in [-0.25, -0.2) is 0 Å². The van der Waals surface area contributed by atoms with E-state index < -0.39 is 6.10 Å². The molecule has 2 atom stereocenters. The topological polar surface area (TPSA) is 43.8 Å². The number of β-amino-alcohol motifs (C(OH)–C–C–N with tert-alkyl or cyclic N) is 1. The third-order valence-corrected chi connectivity index (χ3v) is 6.12. The van der Waals surface area contributed by atoms with E-state index in [1.807, 2.05) is 19.1 Å². The lowest BCUT2D eigenvalue weighted by molar-refractivity contribution is 0.0736. The van der Waals surface area contributed by atoms with Gasteiger partial charge in [0.2, 0.25) is 0 Å². The molecule has 0 radical (unpaired) electrons. The summed E-state index contributed by atoms with van der Waals surface area (Å²) in [4.78, 5) is 18.7. The summed E-state index contributed by atoms with van der Waals surface area (Å²) < 4.78 is 0. The molecule has 1 aromatic carbocycles. The van der Waals surface area contributed by atoms with Gasteiger partial charge in [-0.1, -0.05) is 24.3 Å². The number of rotatable bonds is 2. The van der Waals surface area contributed by atoms with Gasteiger partial charge in [-0.15, -0.1) is 11.3 Å². The monoisotopic (exact) mass is 342 g/mol. The minimum Gasteiger partial charge on any atom is -0.390 e. The first-order chi connectivity index (χ1) is 11.6. The molecule has 1 N–H and O–H groups in total. The number of likely N-dealkylation sites (tertiary alicyclic amines) is 1. The minimum absolute atomic E-state index is 0.0309. The van der Waals surface area contributed by atoms with Crippen LogP contribution < -0.4 is 0 Å². The molecule has 1 fully saturated rings. The van der Waals surface area contributed by atoms with Crippen molar-refractivity contribution in [2.24, 2.45) is 0 Å². The summed E-state index contributed by atoms with van der Waals surface area (Å²) >= 11 is 1.52. The van der Waals surface area contributed by atoms with E-state index in [2.05, 4.69) is 29.2 Å². The van der Waals surface area contributed by atoms with E-state index in [4.69, 9.17) is 0 Å². The minimum atomic E-state index is -0.472. The van der Waals surface area contributed by atoms with Crippen LogP contribution >= 0.6 is 11.3 Å². The Bertz CT molecular complexity index is 757. The van der Waals surface area contributed by atoms with E-state index >= 15 is 0 Å². The van der Waals surface area contributed by atoms with Gasteiger partial charge >= 0.3 is 0 Å². The highest BCUT2D eigenvalue weighted by molar-refractivity contribution is 7.13. The van der Waals surface area contributed by atoms with Crippen LogP contribution in [0.5, 0.6) is 0 Å². The van der Waals surface area contributed by atoms with Crippen LogP contribution in [0.1, 0.15) is 25.7 Å². The lowest BCUT2D eigenvalue weighted by Crippen LogP contribution is -2.45. The van der Waals surface area contributed by atoms with Crippen molar-refractivity contribution >= 4 is 17.2 Å². The Kier molecular flexibility index (Phi) is 4.16. The molecule has 0 spiro atoms. The molecule has 0 unspecified atom stereocenters. The van der Waals surface area contributed by atoms with Crippen molar-refractivity contribution in [2.75, 3.05) is 19.6 Å². The first-order valence-corrected chi connectivity index (χ1v) is 9.28. The van der Waals surface area contributed by atoms with E-state index in [1.54, 1.807) is 4.90 Å². The van der Waals surface area contributed by atoms with Crippen molar-refractivity contribution in [3.05, 3.63) is 57.3 Å². The molecule has 4 rings (SSSR count). The van der Waals surface area contributed by atoms with E-state index in [0.717, 1.165) is 29.3 Å². The van der Waals surface area contributed by atoms with Gasteiger partial charge < -0.3 is 10.0 Å². The fourth-order valence-corrected chi connectivity index (χ4v) is 4.64. The van der Waals surface area contributed by atoms with Crippen molar-refractivity contribution in [3.63, 3.8) is 0 Å². The van der Waals surface area contributed by atoms with Crippen LogP contribution in [0.4, 0.5) is 0 Å². The molecule has 1 aromatic heterocycles. The number of benzene rings is 1. The van der Waals surface area contributed by atoms with Crippen molar-refractivity contribution in [1.82, 2.24) is 9.80 Å². The molecule has 1 amide bonds. The van der Waals surface area contributed by atoms with Gasteiger partial charge in [0.15, 0.2) is 0 Å². The second-order valence-corrected chi connectivity index (χ2v) is 8.03. The predicted octanol–water partition coefficient (Wildman–Crippen LogP) is 2.30. The second-order valence-electron chi connectivity index (χ2n) is 6.74. The Hall–Kier alpha value is -1.69. The number of aliphatic hydroxyl groups is 1. The van der Waals surface area contributed by atoms with Gasteiger partial charge in [0, 0.05) is 31.1 Å². The maximum atomic E-state index is 12.6. The largest absolute Gasteiger partial charge is 0.390 e. The molecule has 24 heavy (non-hydrogen) atoms. The first kappa shape index (κ1) is 15.8. The summed E-state index contributed by atoms with van der Waals surface area (Å²) in [6.45, 7) is 4.85. The lowest BCUT2D eigenvalue weighted by Gasteiger charge is -2.34. The number of carbonyl (C=O) groups is 1. The highest BCUT2D eigenvalue weighted by Crippen LogP contribution is 2.26. The zero-order valence-corrected chi connectivity index (χ0v) is 14.6. The van der Waals surface area contributed by atoms with E-state index in [1.165, 1.54) is 22.5 Å². The van der Waals surface area contributed by atoms with Crippen LogP contribution in [0, 0.1) is 6.92 Å². The van der Waals surface area contributed by atoms with Gasteiger partial charge in [-0.3, -0.25) is 9.69 Å². The zero-order valence-electron chi connectivity index (χ0n) is 13.8. The maximum absolute atomic E-state index is 12.6. The van der Waals surface area contributed by atoms with E-state index in [-0.39, 0.29) is 11.9 Å². The summed E-state index contributed by atoms with van der Waals surface area (Å²) in [5.41, 5.74) is 2.75.